The number of rotatable bonds is 0. The van der Waals surface area contributed by atoms with Crippen LogP contribution in [0.4, 0.5) is 0 Å². The van der Waals surface area contributed by atoms with Crippen LogP contribution >= 0.6 is 0 Å². The second-order valence-corrected chi connectivity index (χ2v) is 1.20. The van der Waals surface area contributed by atoms with E-state index in [0.717, 1.165) is 0 Å². The van der Waals surface area contributed by atoms with Gasteiger partial charge in [0.15, 0.2) is 13.2 Å². The van der Waals surface area contributed by atoms with Crippen LogP contribution in [-0.2, 0) is 0 Å². The standard InChI is InChI=1S/C3H3N3O2/c7-6(8)3-1-4-2-5-3/h4H,2H2. The molecular weight excluding hydrogens is 110 g/mol. The van der Waals surface area contributed by atoms with Gasteiger partial charge < -0.3 is 10.1 Å². The van der Waals surface area contributed by atoms with Crippen molar-refractivity contribution in [3.05, 3.63) is 16.7 Å². The summed E-state index contributed by atoms with van der Waals surface area (Å²) in [5.74, 6) is -0.218. The van der Waals surface area contributed by atoms with Gasteiger partial charge in [-0.15, -0.1) is 0 Å². The van der Waals surface area contributed by atoms with E-state index in [1.807, 2.05) is 0 Å². The molecule has 0 saturated heterocycles. The van der Waals surface area contributed by atoms with Crippen LogP contribution in [0.15, 0.2) is 4.99 Å². The van der Waals surface area contributed by atoms with Gasteiger partial charge in [0.2, 0.25) is 0 Å². The Morgan fingerprint density at radius 1 is 2.00 bits per heavy atom. The highest BCUT2D eigenvalue weighted by atomic mass is 16.6. The Labute approximate surface area is 45.6 Å². The lowest BCUT2D eigenvalue weighted by molar-refractivity contribution is -0.349. The molecule has 5 heteroatoms. The number of amidine groups is 1. The molecule has 8 heavy (non-hydrogen) atoms. The zero-order valence-electron chi connectivity index (χ0n) is 3.92. The van der Waals surface area contributed by atoms with E-state index in [9.17, 15) is 10.1 Å². The Bertz CT molecular complexity index is 141. The Morgan fingerprint density at radius 3 is 3.00 bits per heavy atom. The Hall–Kier alpha value is -0.970. The van der Waals surface area contributed by atoms with Gasteiger partial charge >= 0.3 is 5.84 Å². The smallest absolute Gasteiger partial charge is 0.358 e. The summed E-state index contributed by atoms with van der Waals surface area (Å²) in [5.41, 5.74) is 0. The highest BCUT2D eigenvalue weighted by molar-refractivity contribution is 5.83. The molecule has 1 heterocycles. The van der Waals surface area contributed by atoms with Crippen LogP contribution in [0.3, 0.4) is 0 Å². The molecule has 0 atom stereocenters. The number of nitro groups is 1. The van der Waals surface area contributed by atoms with Crippen LogP contribution < -0.4 is 5.32 Å². The van der Waals surface area contributed by atoms with E-state index in [1.165, 1.54) is 0 Å². The van der Waals surface area contributed by atoms with Crippen molar-refractivity contribution in [2.75, 3.05) is 6.67 Å². The minimum absolute atomic E-state index is 0.218. The molecule has 1 aliphatic rings. The van der Waals surface area contributed by atoms with Crippen LogP contribution in [0, 0.1) is 16.7 Å². The number of nitrogens with zero attached hydrogens (tertiary/aromatic N) is 2. The lowest BCUT2D eigenvalue weighted by atomic mass is 10.6. The van der Waals surface area contributed by atoms with Gasteiger partial charge in [0, 0.05) is 0 Å². The summed E-state index contributed by atoms with van der Waals surface area (Å²) >= 11 is 0. The fourth-order valence-corrected chi connectivity index (χ4v) is 0.376. The molecule has 42 valence electrons. The average molecular weight is 113 g/mol. The summed E-state index contributed by atoms with van der Waals surface area (Å²) in [7, 11) is 0. The number of nitrogens with one attached hydrogen (secondary N) is 1. The van der Waals surface area contributed by atoms with Gasteiger partial charge in [-0.1, -0.05) is 4.99 Å². The van der Waals surface area contributed by atoms with Gasteiger partial charge in [-0.3, -0.25) is 5.32 Å². The molecule has 0 aromatic carbocycles. The second-order valence-electron chi connectivity index (χ2n) is 1.20. The van der Waals surface area contributed by atoms with E-state index in [2.05, 4.69) is 16.9 Å². The molecule has 0 bridgehead atoms. The van der Waals surface area contributed by atoms with Gasteiger partial charge in [-0.25, -0.2) is 0 Å². The summed E-state index contributed by atoms with van der Waals surface area (Å²) in [6, 6.07) is 0. The third kappa shape index (κ3) is 0.812. The number of hydrogen-bond acceptors (Lipinski definition) is 4. The van der Waals surface area contributed by atoms with Crippen LogP contribution in [0.5, 0.6) is 0 Å². The predicted octanol–water partition coefficient (Wildman–Crippen LogP) is -0.739. The average Bonchev–Trinajstić information content (AvgIpc) is 2.12. The highest BCUT2D eigenvalue weighted by Crippen LogP contribution is 1.89. The third-order valence-electron chi connectivity index (χ3n) is 0.681. The highest BCUT2D eigenvalue weighted by Gasteiger charge is 2.18. The fraction of sp³-hybridized carbons (Fsp3) is 0.333. The van der Waals surface area contributed by atoms with E-state index in [1.54, 1.807) is 0 Å². The first-order valence-corrected chi connectivity index (χ1v) is 1.98. The zero-order valence-corrected chi connectivity index (χ0v) is 3.92. The topological polar surface area (TPSA) is 67.5 Å². The van der Waals surface area contributed by atoms with Crippen molar-refractivity contribution >= 4 is 5.84 Å². The number of hydrogen-bond donors (Lipinski definition) is 1. The molecule has 0 spiro atoms. The molecule has 0 fully saturated rings. The molecule has 2 radical (unpaired) electrons. The minimum Gasteiger partial charge on any atom is -0.358 e. The maximum atomic E-state index is 9.77. The molecule has 0 saturated carbocycles. The zero-order chi connectivity index (χ0) is 5.98. The summed E-state index contributed by atoms with van der Waals surface area (Å²) < 4.78 is 0. The van der Waals surface area contributed by atoms with Gasteiger partial charge in [0.05, 0.1) is 0 Å². The quantitative estimate of drug-likeness (QED) is 0.332. The SMILES string of the molecule is O=[N+]([O-])C1=NCN[C]1. The summed E-state index contributed by atoms with van der Waals surface area (Å²) in [6.07, 6.45) is 0. The third-order valence-corrected chi connectivity index (χ3v) is 0.681. The Morgan fingerprint density at radius 2 is 2.75 bits per heavy atom. The molecule has 5 nitrogen and oxygen atoms in total. The van der Waals surface area contributed by atoms with Gasteiger partial charge in [0.1, 0.15) is 0 Å². The van der Waals surface area contributed by atoms with Gasteiger partial charge in [0.25, 0.3) is 0 Å². The molecule has 1 N–H and O–H groups in total. The van der Waals surface area contributed by atoms with Gasteiger partial charge in [-0.05, 0) is 4.92 Å². The molecule has 0 amide bonds. The van der Waals surface area contributed by atoms with Crippen LogP contribution in [0.25, 0.3) is 0 Å². The summed E-state index contributed by atoms with van der Waals surface area (Å²) in [6.45, 7) is 2.53. The van der Waals surface area contributed by atoms with E-state index in [0.29, 0.717) is 0 Å². The van der Waals surface area contributed by atoms with E-state index < -0.39 is 4.92 Å². The normalized spacial score (nSPS) is 18.2. The van der Waals surface area contributed by atoms with Crippen molar-refractivity contribution in [1.82, 2.24) is 5.32 Å². The van der Waals surface area contributed by atoms with Crippen molar-refractivity contribution in [2.45, 2.75) is 0 Å². The minimum atomic E-state index is -0.583. The van der Waals surface area contributed by atoms with Crippen molar-refractivity contribution in [3.8, 4) is 0 Å². The first kappa shape index (κ1) is 5.17. The number of aliphatic imine (C=N–C) groups is 1. The Balaban J connectivity index is 2.57. The first-order chi connectivity index (χ1) is 3.80. The summed E-state index contributed by atoms with van der Waals surface area (Å²) in [4.78, 5) is 12.6. The first-order valence-electron chi connectivity index (χ1n) is 1.98. The van der Waals surface area contributed by atoms with Crippen molar-refractivity contribution in [2.24, 2.45) is 4.99 Å². The molecule has 0 aliphatic carbocycles. The van der Waals surface area contributed by atoms with Crippen molar-refractivity contribution in [3.63, 3.8) is 0 Å². The van der Waals surface area contributed by atoms with E-state index in [4.69, 9.17) is 0 Å². The summed E-state index contributed by atoms with van der Waals surface area (Å²) in [5, 5.41) is 12.2. The molecule has 0 unspecified atom stereocenters. The van der Waals surface area contributed by atoms with E-state index >= 15 is 0 Å². The largest absolute Gasteiger partial charge is 0.360 e. The molecular formula is C3H3N3O2. The molecule has 1 rings (SSSR count). The van der Waals surface area contributed by atoms with Crippen LogP contribution in [-0.4, -0.2) is 17.4 Å². The monoisotopic (exact) mass is 113 g/mol. The molecule has 0 aromatic rings. The maximum absolute atomic E-state index is 9.77. The fourth-order valence-electron chi connectivity index (χ4n) is 0.376. The van der Waals surface area contributed by atoms with E-state index in [-0.39, 0.29) is 12.5 Å². The lowest BCUT2D eigenvalue weighted by Crippen LogP contribution is -2.13. The van der Waals surface area contributed by atoms with Gasteiger partial charge in [-0.2, -0.15) is 0 Å². The maximum Gasteiger partial charge on any atom is 0.360 e. The van der Waals surface area contributed by atoms with Crippen molar-refractivity contribution < 1.29 is 4.92 Å². The van der Waals surface area contributed by atoms with Crippen LogP contribution in [0.2, 0.25) is 0 Å². The molecule has 0 aromatic heterocycles. The second kappa shape index (κ2) is 1.87. The Kier molecular flexibility index (Phi) is 1.21. The van der Waals surface area contributed by atoms with Crippen molar-refractivity contribution in [1.29, 1.82) is 0 Å². The lowest BCUT2D eigenvalue weighted by Gasteiger charge is -1.85. The van der Waals surface area contributed by atoms with Crippen LogP contribution in [0.1, 0.15) is 0 Å². The predicted molar refractivity (Wildman–Crippen MR) is 25.7 cm³/mol. The molecule has 1 aliphatic heterocycles.